The number of anilines is 1. The normalized spacial score (nSPS) is 21.8. The number of ether oxygens (including phenoxy) is 2. The van der Waals surface area contributed by atoms with Crippen molar-refractivity contribution >= 4 is 32.7 Å². The van der Waals surface area contributed by atoms with Crippen molar-refractivity contribution in [3.63, 3.8) is 0 Å². The summed E-state index contributed by atoms with van der Waals surface area (Å²) in [6.07, 6.45) is 11.3. The lowest BCUT2D eigenvalue weighted by Crippen LogP contribution is -2.45. The third kappa shape index (κ3) is 4.57. The SMILES string of the molecule is C#Cc1cc(C(=O)OC)cc2sc(N3C4CCC3CC(OCc3c(-c5c(F)cccc5F)noc3C3CC3)C4)nc12. The van der Waals surface area contributed by atoms with Gasteiger partial charge in [-0.25, -0.2) is 18.6 Å². The molecule has 0 radical (unpaired) electrons. The first-order valence-electron chi connectivity index (χ1n) is 13.8. The van der Waals surface area contributed by atoms with E-state index in [4.69, 9.17) is 25.4 Å². The highest BCUT2D eigenvalue weighted by molar-refractivity contribution is 7.22. The van der Waals surface area contributed by atoms with Gasteiger partial charge in [0.15, 0.2) is 5.13 Å². The number of esters is 1. The number of rotatable bonds is 7. The molecule has 2 aromatic carbocycles. The van der Waals surface area contributed by atoms with Gasteiger partial charge >= 0.3 is 5.97 Å². The summed E-state index contributed by atoms with van der Waals surface area (Å²) in [5.41, 5.74) is 2.35. The highest BCUT2D eigenvalue weighted by Gasteiger charge is 2.43. The van der Waals surface area contributed by atoms with Crippen LogP contribution in [0.5, 0.6) is 0 Å². The number of carbonyl (C=O) groups is 1. The first kappa shape index (κ1) is 26.1. The number of thiazole rings is 1. The maximum absolute atomic E-state index is 14.6. The van der Waals surface area contributed by atoms with Crippen LogP contribution in [0.1, 0.15) is 71.7 Å². The number of piperidine rings is 1. The molecule has 41 heavy (non-hydrogen) atoms. The van der Waals surface area contributed by atoms with Crippen molar-refractivity contribution in [1.29, 1.82) is 0 Å². The molecule has 2 aromatic heterocycles. The second-order valence-electron chi connectivity index (χ2n) is 10.9. The van der Waals surface area contributed by atoms with Gasteiger partial charge in [0.05, 0.1) is 46.7 Å². The smallest absolute Gasteiger partial charge is 0.337 e. The van der Waals surface area contributed by atoms with Crippen molar-refractivity contribution in [2.24, 2.45) is 0 Å². The lowest BCUT2D eigenvalue weighted by molar-refractivity contribution is 0.0147. The van der Waals surface area contributed by atoms with Gasteiger partial charge in [-0.15, -0.1) is 6.42 Å². The van der Waals surface area contributed by atoms with Crippen LogP contribution in [-0.2, 0) is 16.1 Å². The van der Waals surface area contributed by atoms with Crippen LogP contribution >= 0.6 is 11.3 Å². The number of hydrogen-bond acceptors (Lipinski definition) is 8. The summed E-state index contributed by atoms with van der Waals surface area (Å²) in [5, 5.41) is 4.98. The number of fused-ring (bicyclic) bond motifs is 3. The second kappa shape index (κ2) is 10.2. The topological polar surface area (TPSA) is 77.7 Å². The van der Waals surface area contributed by atoms with E-state index in [0.717, 1.165) is 48.4 Å². The molecule has 1 aliphatic carbocycles. The third-order valence-electron chi connectivity index (χ3n) is 8.40. The van der Waals surface area contributed by atoms with Crippen LogP contribution in [0.2, 0.25) is 0 Å². The van der Waals surface area contributed by atoms with Crippen LogP contribution in [0.15, 0.2) is 34.9 Å². The van der Waals surface area contributed by atoms with Crippen molar-refractivity contribution in [2.75, 3.05) is 12.0 Å². The average molecular weight is 576 g/mol. The first-order chi connectivity index (χ1) is 19.9. The fourth-order valence-electron chi connectivity index (χ4n) is 6.30. The van der Waals surface area contributed by atoms with E-state index in [2.05, 4.69) is 16.0 Å². The van der Waals surface area contributed by atoms with Gasteiger partial charge in [-0.2, -0.15) is 0 Å². The lowest BCUT2D eigenvalue weighted by Gasteiger charge is -2.38. The molecule has 4 heterocycles. The molecule has 3 fully saturated rings. The molecule has 2 atom stereocenters. The minimum Gasteiger partial charge on any atom is -0.465 e. The standard InChI is InChI=1S/C31H27F2N3O4S/c1-3-16-11-18(30(37)38-2)12-25-27(16)34-31(41-25)36-19-9-10-20(36)14-21(13-19)39-15-22-28(35-40-29(22)17-7-8-17)26-23(32)5-4-6-24(26)33/h1,4-6,11-12,17,19-21H,7-10,13-15H2,2H3. The molecule has 2 bridgehead atoms. The summed E-state index contributed by atoms with van der Waals surface area (Å²) in [5.74, 6) is 1.77. The number of methoxy groups -OCH3 is 1. The maximum atomic E-state index is 14.6. The van der Waals surface area contributed by atoms with E-state index < -0.39 is 17.6 Å². The van der Waals surface area contributed by atoms with E-state index in [1.807, 2.05) is 0 Å². The van der Waals surface area contributed by atoms with Crippen LogP contribution in [0.3, 0.4) is 0 Å². The minimum atomic E-state index is -0.671. The van der Waals surface area contributed by atoms with Gasteiger partial charge < -0.3 is 18.9 Å². The van der Waals surface area contributed by atoms with Gasteiger partial charge in [0.25, 0.3) is 0 Å². The Morgan fingerprint density at radius 3 is 2.56 bits per heavy atom. The Kier molecular flexibility index (Phi) is 6.51. The molecule has 7 nitrogen and oxygen atoms in total. The van der Waals surface area contributed by atoms with Crippen molar-refractivity contribution in [2.45, 2.75) is 69.2 Å². The Labute approximate surface area is 239 Å². The molecular weight excluding hydrogens is 548 g/mol. The fourth-order valence-corrected chi connectivity index (χ4v) is 7.47. The first-order valence-corrected chi connectivity index (χ1v) is 14.6. The summed E-state index contributed by atoms with van der Waals surface area (Å²) < 4.78 is 47.1. The summed E-state index contributed by atoms with van der Waals surface area (Å²) >= 11 is 1.53. The molecule has 1 saturated carbocycles. The summed E-state index contributed by atoms with van der Waals surface area (Å²) in [7, 11) is 1.35. The quantitative estimate of drug-likeness (QED) is 0.182. The van der Waals surface area contributed by atoms with Crippen LogP contribution in [-0.4, -0.2) is 41.4 Å². The molecule has 4 aromatic rings. The monoisotopic (exact) mass is 575 g/mol. The second-order valence-corrected chi connectivity index (χ2v) is 12.0. The summed E-state index contributed by atoms with van der Waals surface area (Å²) in [4.78, 5) is 19.4. The van der Waals surface area contributed by atoms with Crippen LogP contribution in [0.25, 0.3) is 21.5 Å². The summed E-state index contributed by atoms with van der Waals surface area (Å²) in [6, 6.07) is 7.71. The van der Waals surface area contributed by atoms with E-state index in [0.29, 0.717) is 28.0 Å². The number of halogens is 2. The average Bonchev–Trinajstić information content (AvgIpc) is 3.50. The maximum Gasteiger partial charge on any atom is 0.337 e. The highest BCUT2D eigenvalue weighted by Crippen LogP contribution is 2.46. The van der Waals surface area contributed by atoms with E-state index >= 15 is 0 Å². The summed E-state index contributed by atoms with van der Waals surface area (Å²) in [6.45, 7) is 0.186. The Morgan fingerprint density at radius 1 is 1.17 bits per heavy atom. The van der Waals surface area contributed by atoms with Gasteiger partial charge in [0.1, 0.15) is 23.1 Å². The van der Waals surface area contributed by atoms with Crippen molar-refractivity contribution in [3.8, 4) is 23.6 Å². The molecule has 2 aliphatic heterocycles. The molecule has 10 heteroatoms. The van der Waals surface area contributed by atoms with Crippen LogP contribution in [0.4, 0.5) is 13.9 Å². The largest absolute Gasteiger partial charge is 0.465 e. The van der Waals surface area contributed by atoms with Gasteiger partial charge in [0, 0.05) is 23.6 Å². The Balaban J connectivity index is 1.11. The third-order valence-corrected chi connectivity index (χ3v) is 9.42. The fraction of sp³-hybridized carbons (Fsp3) is 0.387. The Bertz CT molecular complexity index is 1670. The lowest BCUT2D eigenvalue weighted by atomic mass is 9.99. The van der Waals surface area contributed by atoms with Gasteiger partial charge in [-0.1, -0.05) is 28.5 Å². The molecule has 0 N–H and O–H groups in total. The van der Waals surface area contributed by atoms with Crippen LogP contribution < -0.4 is 4.90 Å². The molecule has 3 aliphatic rings. The zero-order chi connectivity index (χ0) is 28.2. The minimum absolute atomic E-state index is 0.0226. The van der Waals surface area contributed by atoms with E-state index in [-0.39, 0.29) is 42.0 Å². The number of benzene rings is 2. The molecule has 0 amide bonds. The van der Waals surface area contributed by atoms with Crippen LogP contribution in [0, 0.1) is 24.0 Å². The molecular formula is C31H27F2N3O4S. The van der Waals surface area contributed by atoms with E-state index in [1.54, 1.807) is 12.1 Å². The number of terminal acetylenes is 1. The molecule has 2 saturated heterocycles. The number of hydrogen-bond donors (Lipinski definition) is 0. The predicted octanol–water partition coefficient (Wildman–Crippen LogP) is 6.59. The van der Waals surface area contributed by atoms with Gasteiger partial charge in [0.2, 0.25) is 0 Å². The van der Waals surface area contributed by atoms with E-state index in [9.17, 15) is 13.6 Å². The number of aromatic nitrogens is 2. The predicted molar refractivity (Wildman–Crippen MR) is 150 cm³/mol. The zero-order valence-corrected chi connectivity index (χ0v) is 23.2. The molecule has 210 valence electrons. The van der Waals surface area contributed by atoms with Gasteiger partial charge in [-0.05, 0) is 62.8 Å². The van der Waals surface area contributed by atoms with Crippen molar-refractivity contribution in [1.82, 2.24) is 10.1 Å². The van der Waals surface area contributed by atoms with E-state index in [1.165, 1.54) is 36.6 Å². The Morgan fingerprint density at radius 2 is 1.90 bits per heavy atom. The highest BCUT2D eigenvalue weighted by atomic mass is 32.1. The Hall–Kier alpha value is -3.81. The zero-order valence-electron chi connectivity index (χ0n) is 22.4. The van der Waals surface area contributed by atoms with Crippen molar-refractivity contribution < 1.29 is 27.6 Å². The molecule has 2 unspecified atom stereocenters. The number of carbonyl (C=O) groups excluding carboxylic acids is 1. The molecule has 7 rings (SSSR count). The van der Waals surface area contributed by atoms with Crippen molar-refractivity contribution in [3.05, 3.63) is 64.4 Å². The van der Waals surface area contributed by atoms with Gasteiger partial charge in [-0.3, -0.25) is 0 Å². The molecule has 0 spiro atoms. The number of nitrogens with zero attached hydrogens (tertiary/aromatic N) is 3.